The van der Waals surface area contributed by atoms with Crippen LogP contribution in [-0.4, -0.2) is 31.9 Å². The SMILES string of the molecule is CCOc1cc([C@@H]2NC(=S)NC(C)=C2C(=O)OC)cc(I)c1OC. The summed E-state index contributed by atoms with van der Waals surface area (Å²) in [6.45, 7) is 4.21. The van der Waals surface area contributed by atoms with Gasteiger partial charge in [0.15, 0.2) is 16.6 Å². The van der Waals surface area contributed by atoms with E-state index in [0.717, 1.165) is 9.13 Å². The van der Waals surface area contributed by atoms with Crippen molar-refractivity contribution in [2.24, 2.45) is 0 Å². The number of benzene rings is 1. The molecule has 0 saturated carbocycles. The lowest BCUT2D eigenvalue weighted by atomic mass is 9.95. The topological polar surface area (TPSA) is 68.8 Å². The van der Waals surface area contributed by atoms with E-state index in [-0.39, 0.29) is 0 Å². The summed E-state index contributed by atoms with van der Waals surface area (Å²) in [5.74, 6) is 0.872. The van der Waals surface area contributed by atoms with Crippen LogP contribution in [-0.2, 0) is 9.53 Å². The van der Waals surface area contributed by atoms with E-state index in [2.05, 4.69) is 33.2 Å². The molecule has 0 saturated heterocycles. The monoisotopic (exact) mass is 462 g/mol. The van der Waals surface area contributed by atoms with Crippen LogP contribution in [0.2, 0.25) is 0 Å². The molecular formula is C16H19IN2O4S. The van der Waals surface area contributed by atoms with Crippen LogP contribution in [0.15, 0.2) is 23.4 Å². The highest BCUT2D eigenvalue weighted by Crippen LogP contribution is 2.38. The zero-order valence-corrected chi connectivity index (χ0v) is 16.8. The largest absolute Gasteiger partial charge is 0.492 e. The van der Waals surface area contributed by atoms with Gasteiger partial charge in [0.2, 0.25) is 0 Å². The van der Waals surface area contributed by atoms with Crippen LogP contribution in [0.1, 0.15) is 25.5 Å². The Labute approximate surface area is 160 Å². The lowest BCUT2D eigenvalue weighted by molar-refractivity contribution is -0.136. The number of carbonyl (C=O) groups is 1. The van der Waals surface area contributed by atoms with E-state index in [0.29, 0.717) is 34.5 Å². The molecule has 0 aromatic heterocycles. The van der Waals surface area contributed by atoms with Crippen molar-refractivity contribution in [1.29, 1.82) is 0 Å². The molecule has 0 unspecified atom stereocenters. The van der Waals surface area contributed by atoms with Crippen molar-refractivity contribution in [3.05, 3.63) is 32.5 Å². The molecule has 0 fully saturated rings. The van der Waals surface area contributed by atoms with Gasteiger partial charge in [0, 0.05) is 5.70 Å². The Bertz CT molecular complexity index is 706. The molecule has 0 aliphatic carbocycles. The minimum Gasteiger partial charge on any atom is -0.492 e. The summed E-state index contributed by atoms with van der Waals surface area (Å²) in [6.07, 6.45) is 0. The van der Waals surface area contributed by atoms with Crippen LogP contribution in [0.3, 0.4) is 0 Å². The molecule has 130 valence electrons. The van der Waals surface area contributed by atoms with E-state index >= 15 is 0 Å². The summed E-state index contributed by atoms with van der Waals surface area (Å²) < 4.78 is 16.9. The number of methoxy groups -OCH3 is 2. The summed E-state index contributed by atoms with van der Waals surface area (Å²) >= 11 is 7.41. The Morgan fingerprint density at radius 1 is 1.38 bits per heavy atom. The first kappa shape index (κ1) is 18.8. The fraction of sp³-hybridized carbons (Fsp3) is 0.375. The van der Waals surface area contributed by atoms with Crippen molar-refractivity contribution in [2.45, 2.75) is 19.9 Å². The lowest BCUT2D eigenvalue weighted by Gasteiger charge is -2.30. The maximum Gasteiger partial charge on any atom is 0.337 e. The molecule has 24 heavy (non-hydrogen) atoms. The van der Waals surface area contributed by atoms with Gasteiger partial charge in [-0.05, 0) is 66.4 Å². The average molecular weight is 462 g/mol. The van der Waals surface area contributed by atoms with E-state index in [4.69, 9.17) is 26.4 Å². The molecular weight excluding hydrogens is 443 g/mol. The summed E-state index contributed by atoms with van der Waals surface area (Å²) in [5, 5.41) is 6.54. The van der Waals surface area contributed by atoms with Gasteiger partial charge in [0.25, 0.3) is 0 Å². The number of hydrogen-bond acceptors (Lipinski definition) is 5. The van der Waals surface area contributed by atoms with E-state index in [1.165, 1.54) is 7.11 Å². The van der Waals surface area contributed by atoms with E-state index in [1.54, 1.807) is 14.0 Å². The molecule has 0 spiro atoms. The van der Waals surface area contributed by atoms with Gasteiger partial charge in [0.1, 0.15) is 0 Å². The van der Waals surface area contributed by atoms with E-state index in [9.17, 15) is 4.79 Å². The zero-order valence-electron chi connectivity index (χ0n) is 13.9. The Kier molecular flexibility index (Phi) is 6.27. The quantitative estimate of drug-likeness (QED) is 0.396. The normalized spacial score (nSPS) is 17.0. The number of nitrogens with one attached hydrogen (secondary N) is 2. The number of halogens is 1. The zero-order chi connectivity index (χ0) is 17.9. The first-order chi connectivity index (χ1) is 11.4. The second-order valence-electron chi connectivity index (χ2n) is 5.03. The maximum absolute atomic E-state index is 12.2. The number of esters is 1. The maximum atomic E-state index is 12.2. The second kappa shape index (κ2) is 8.02. The molecule has 1 aliphatic heterocycles. The van der Waals surface area contributed by atoms with Crippen molar-refractivity contribution < 1.29 is 19.0 Å². The first-order valence-corrected chi connectivity index (χ1v) is 8.78. The number of hydrogen-bond donors (Lipinski definition) is 2. The molecule has 2 N–H and O–H groups in total. The molecule has 1 aromatic rings. The van der Waals surface area contributed by atoms with Crippen LogP contribution in [0.25, 0.3) is 0 Å². The van der Waals surface area contributed by atoms with Crippen LogP contribution >= 0.6 is 34.8 Å². The van der Waals surface area contributed by atoms with Gasteiger partial charge >= 0.3 is 5.97 Å². The molecule has 0 radical (unpaired) electrons. The molecule has 6 nitrogen and oxygen atoms in total. The van der Waals surface area contributed by atoms with Crippen molar-refractivity contribution >= 4 is 45.9 Å². The summed E-state index contributed by atoms with van der Waals surface area (Å²) in [6, 6.07) is 3.36. The number of carbonyl (C=O) groups excluding carboxylic acids is 1. The predicted octanol–water partition coefficient (Wildman–Crippen LogP) is 2.66. The summed E-state index contributed by atoms with van der Waals surface area (Å²) in [4.78, 5) is 12.2. The summed E-state index contributed by atoms with van der Waals surface area (Å²) in [5.41, 5.74) is 1.99. The highest BCUT2D eigenvalue weighted by Gasteiger charge is 2.31. The van der Waals surface area contributed by atoms with Gasteiger partial charge in [0.05, 0.1) is 36.0 Å². The molecule has 1 aliphatic rings. The molecule has 2 rings (SSSR count). The fourth-order valence-electron chi connectivity index (χ4n) is 2.54. The van der Waals surface area contributed by atoms with Gasteiger partial charge in [-0.25, -0.2) is 4.79 Å². The third-order valence-electron chi connectivity index (χ3n) is 3.54. The smallest absolute Gasteiger partial charge is 0.337 e. The Balaban J connectivity index is 2.57. The van der Waals surface area contributed by atoms with Crippen molar-refractivity contribution in [3.63, 3.8) is 0 Å². The number of thiocarbonyl (C=S) groups is 1. The van der Waals surface area contributed by atoms with Crippen LogP contribution in [0.5, 0.6) is 11.5 Å². The minimum absolute atomic E-state index is 0.413. The molecule has 0 bridgehead atoms. The Morgan fingerprint density at radius 3 is 2.67 bits per heavy atom. The van der Waals surface area contributed by atoms with Crippen molar-refractivity contribution in [3.8, 4) is 11.5 Å². The van der Waals surface area contributed by atoms with Crippen molar-refractivity contribution in [1.82, 2.24) is 10.6 Å². The number of rotatable bonds is 5. The molecule has 0 amide bonds. The Hall–Kier alpha value is -1.55. The van der Waals surface area contributed by atoms with Gasteiger partial charge in [-0.3, -0.25) is 0 Å². The van der Waals surface area contributed by atoms with Gasteiger partial charge in [-0.1, -0.05) is 0 Å². The third kappa shape index (κ3) is 3.75. The highest BCUT2D eigenvalue weighted by molar-refractivity contribution is 14.1. The van der Waals surface area contributed by atoms with Crippen LogP contribution in [0, 0.1) is 3.57 Å². The molecule has 1 atom stereocenters. The Morgan fingerprint density at radius 2 is 2.08 bits per heavy atom. The van der Waals surface area contributed by atoms with E-state index in [1.807, 2.05) is 19.1 Å². The predicted molar refractivity (Wildman–Crippen MR) is 103 cm³/mol. The summed E-state index contributed by atoms with van der Waals surface area (Å²) in [7, 11) is 2.96. The number of ether oxygens (including phenoxy) is 3. The second-order valence-corrected chi connectivity index (χ2v) is 6.60. The van der Waals surface area contributed by atoms with Crippen molar-refractivity contribution in [2.75, 3.05) is 20.8 Å². The van der Waals surface area contributed by atoms with Crippen LogP contribution < -0.4 is 20.1 Å². The molecule has 1 heterocycles. The van der Waals surface area contributed by atoms with Crippen LogP contribution in [0.4, 0.5) is 0 Å². The average Bonchev–Trinajstić information content (AvgIpc) is 2.53. The number of allylic oxidation sites excluding steroid dienone is 1. The molecule has 8 heteroatoms. The molecule has 1 aromatic carbocycles. The van der Waals surface area contributed by atoms with E-state index < -0.39 is 12.0 Å². The minimum atomic E-state index is -0.426. The highest BCUT2D eigenvalue weighted by atomic mass is 127. The van der Waals surface area contributed by atoms with Gasteiger partial charge in [-0.15, -0.1) is 0 Å². The first-order valence-electron chi connectivity index (χ1n) is 7.29. The fourth-order valence-corrected chi connectivity index (χ4v) is 3.66. The lowest BCUT2D eigenvalue weighted by Crippen LogP contribution is -2.45. The van der Waals surface area contributed by atoms with Gasteiger partial charge < -0.3 is 24.8 Å². The third-order valence-corrected chi connectivity index (χ3v) is 4.56. The van der Waals surface area contributed by atoms with Gasteiger partial charge in [-0.2, -0.15) is 0 Å². The standard InChI is InChI=1S/C16H19IN2O4S/c1-5-23-11-7-9(6-10(17)14(11)21-3)13-12(15(20)22-4)8(2)18-16(24)19-13/h6-7,13H,5H2,1-4H3,(H2,18,19,24)/t13-/m0/s1.